The zero-order valence-corrected chi connectivity index (χ0v) is 9.14. The van der Waals surface area contributed by atoms with E-state index in [1.54, 1.807) is 24.3 Å². The van der Waals surface area contributed by atoms with Crippen molar-refractivity contribution in [2.24, 2.45) is 0 Å². The molecule has 0 N–H and O–H groups in total. The van der Waals surface area contributed by atoms with Gasteiger partial charge in [-0.05, 0) is 5.56 Å². The first kappa shape index (κ1) is 11.6. The van der Waals surface area contributed by atoms with E-state index in [9.17, 15) is 13.2 Å². The lowest BCUT2D eigenvalue weighted by Gasteiger charge is -1.99. The van der Waals surface area contributed by atoms with Crippen molar-refractivity contribution < 1.29 is 13.2 Å². The largest absolute Gasteiger partial charge is 0.443 e. The SMILES string of the molecule is [C-]#[N+]c1ccc(-c2cnc(C(F)(F)F)s2)cc1. The zero-order chi connectivity index (χ0) is 12.5. The maximum Gasteiger partial charge on any atom is 0.443 e. The van der Waals surface area contributed by atoms with E-state index in [0.29, 0.717) is 27.5 Å². The average Bonchev–Trinajstić information content (AvgIpc) is 2.78. The second kappa shape index (κ2) is 4.18. The Morgan fingerprint density at radius 1 is 1.18 bits per heavy atom. The smallest absolute Gasteiger partial charge is 0.240 e. The molecule has 0 spiro atoms. The molecule has 1 aromatic heterocycles. The summed E-state index contributed by atoms with van der Waals surface area (Å²) in [5.41, 5.74) is 1.08. The van der Waals surface area contributed by atoms with Crippen LogP contribution < -0.4 is 0 Å². The standard InChI is InChI=1S/C11H5F3N2S/c1-15-8-4-2-7(3-5-8)9-6-16-10(17-9)11(12,13)14/h2-6H. The van der Waals surface area contributed by atoms with E-state index in [4.69, 9.17) is 6.57 Å². The van der Waals surface area contributed by atoms with Gasteiger partial charge >= 0.3 is 6.18 Å². The molecule has 2 aromatic rings. The molecular formula is C11H5F3N2S. The molecule has 0 bridgehead atoms. The topological polar surface area (TPSA) is 17.2 Å². The molecule has 17 heavy (non-hydrogen) atoms. The highest BCUT2D eigenvalue weighted by Crippen LogP contribution is 2.36. The lowest BCUT2D eigenvalue weighted by atomic mass is 10.2. The van der Waals surface area contributed by atoms with Gasteiger partial charge < -0.3 is 0 Å². The van der Waals surface area contributed by atoms with E-state index in [0.717, 1.165) is 0 Å². The number of nitrogens with zero attached hydrogens (tertiary/aromatic N) is 2. The summed E-state index contributed by atoms with van der Waals surface area (Å²) in [5.74, 6) is 0. The zero-order valence-electron chi connectivity index (χ0n) is 8.32. The predicted octanol–water partition coefficient (Wildman–Crippen LogP) is 4.38. The van der Waals surface area contributed by atoms with Gasteiger partial charge in [0.1, 0.15) is 0 Å². The van der Waals surface area contributed by atoms with Crippen molar-refractivity contribution in [1.82, 2.24) is 4.98 Å². The second-order valence-electron chi connectivity index (χ2n) is 3.19. The maximum absolute atomic E-state index is 12.3. The van der Waals surface area contributed by atoms with Crippen LogP contribution in [0.15, 0.2) is 30.5 Å². The third-order valence-electron chi connectivity index (χ3n) is 2.03. The van der Waals surface area contributed by atoms with Gasteiger partial charge in [-0.15, -0.1) is 11.3 Å². The quantitative estimate of drug-likeness (QED) is 0.690. The van der Waals surface area contributed by atoms with Crippen LogP contribution in [0, 0.1) is 6.57 Å². The van der Waals surface area contributed by atoms with Crippen LogP contribution in [0.5, 0.6) is 0 Å². The highest BCUT2D eigenvalue weighted by Gasteiger charge is 2.34. The summed E-state index contributed by atoms with van der Waals surface area (Å²) in [5, 5.41) is -0.859. The third kappa shape index (κ3) is 2.45. The van der Waals surface area contributed by atoms with Crippen molar-refractivity contribution in [3.8, 4) is 10.4 Å². The first-order valence-corrected chi connectivity index (χ1v) is 5.33. The van der Waals surface area contributed by atoms with Crippen molar-refractivity contribution >= 4 is 17.0 Å². The van der Waals surface area contributed by atoms with Gasteiger partial charge in [-0.2, -0.15) is 13.2 Å². The van der Waals surface area contributed by atoms with Gasteiger partial charge in [-0.25, -0.2) is 9.83 Å². The maximum atomic E-state index is 12.3. The minimum absolute atomic E-state index is 0.439. The number of thiazole rings is 1. The van der Waals surface area contributed by atoms with E-state index in [2.05, 4.69) is 9.83 Å². The van der Waals surface area contributed by atoms with Crippen molar-refractivity contribution in [2.45, 2.75) is 6.18 Å². The summed E-state index contributed by atoms with van der Waals surface area (Å²) in [6.07, 6.45) is -3.21. The minimum Gasteiger partial charge on any atom is -0.240 e. The molecule has 0 amide bonds. The molecule has 6 heteroatoms. The minimum atomic E-state index is -4.40. The Morgan fingerprint density at radius 3 is 2.29 bits per heavy atom. The van der Waals surface area contributed by atoms with Crippen LogP contribution in [0.2, 0.25) is 0 Å². The molecule has 0 saturated heterocycles. The fraction of sp³-hybridized carbons (Fsp3) is 0.0909. The fourth-order valence-electron chi connectivity index (χ4n) is 1.24. The molecular weight excluding hydrogens is 249 g/mol. The lowest BCUT2D eigenvalue weighted by molar-refractivity contribution is -0.137. The first-order chi connectivity index (χ1) is 8.00. The second-order valence-corrected chi connectivity index (χ2v) is 4.22. The van der Waals surface area contributed by atoms with Crippen LogP contribution in [-0.4, -0.2) is 4.98 Å². The van der Waals surface area contributed by atoms with Crippen molar-refractivity contribution in [1.29, 1.82) is 0 Å². The molecule has 1 aromatic carbocycles. The monoisotopic (exact) mass is 254 g/mol. The lowest BCUT2D eigenvalue weighted by Crippen LogP contribution is -2.02. The number of hydrogen-bond donors (Lipinski definition) is 0. The molecule has 0 radical (unpaired) electrons. The number of halogens is 3. The van der Waals surface area contributed by atoms with Crippen LogP contribution >= 0.6 is 11.3 Å². The number of rotatable bonds is 1. The molecule has 0 unspecified atom stereocenters. The summed E-state index contributed by atoms with van der Waals surface area (Å²) < 4.78 is 37.0. The molecule has 0 aliphatic carbocycles. The number of hydrogen-bond acceptors (Lipinski definition) is 2. The van der Waals surface area contributed by atoms with E-state index in [1.807, 2.05) is 0 Å². The summed E-state index contributed by atoms with van der Waals surface area (Å²) in [7, 11) is 0. The molecule has 2 nitrogen and oxygen atoms in total. The van der Waals surface area contributed by atoms with E-state index < -0.39 is 11.2 Å². The van der Waals surface area contributed by atoms with Gasteiger partial charge in [-0.1, -0.05) is 24.3 Å². The first-order valence-electron chi connectivity index (χ1n) is 4.51. The van der Waals surface area contributed by atoms with Gasteiger partial charge in [0.25, 0.3) is 0 Å². The summed E-state index contributed by atoms with van der Waals surface area (Å²) in [4.78, 5) is 6.99. The van der Waals surface area contributed by atoms with Gasteiger partial charge in [0.15, 0.2) is 10.7 Å². The molecule has 2 rings (SSSR count). The molecule has 0 atom stereocenters. The summed E-state index contributed by atoms with van der Waals surface area (Å²) in [6.45, 7) is 6.77. The Labute approximate surface area is 99.2 Å². The van der Waals surface area contributed by atoms with Crippen LogP contribution in [0.3, 0.4) is 0 Å². The molecule has 1 heterocycles. The Balaban J connectivity index is 2.34. The van der Waals surface area contributed by atoms with Crippen LogP contribution in [-0.2, 0) is 6.18 Å². The van der Waals surface area contributed by atoms with Gasteiger partial charge in [-0.3, -0.25) is 0 Å². The van der Waals surface area contributed by atoms with Crippen LogP contribution in [0.4, 0.5) is 18.9 Å². The Kier molecular flexibility index (Phi) is 2.86. The Hall–Kier alpha value is -1.87. The van der Waals surface area contributed by atoms with E-state index in [-0.39, 0.29) is 0 Å². The molecule has 0 saturated carbocycles. The number of benzene rings is 1. The Morgan fingerprint density at radius 2 is 1.82 bits per heavy atom. The van der Waals surface area contributed by atoms with Crippen LogP contribution in [0.25, 0.3) is 15.3 Å². The normalized spacial score (nSPS) is 11.2. The van der Waals surface area contributed by atoms with Gasteiger partial charge in [0, 0.05) is 6.20 Å². The van der Waals surface area contributed by atoms with Crippen molar-refractivity contribution in [2.75, 3.05) is 0 Å². The molecule has 86 valence electrons. The molecule has 0 aliphatic rings. The highest BCUT2D eigenvalue weighted by molar-refractivity contribution is 7.15. The number of alkyl halides is 3. The highest BCUT2D eigenvalue weighted by atomic mass is 32.1. The molecule has 0 fully saturated rings. The number of aromatic nitrogens is 1. The van der Waals surface area contributed by atoms with Gasteiger partial charge in [0.2, 0.25) is 0 Å². The average molecular weight is 254 g/mol. The predicted molar refractivity (Wildman–Crippen MR) is 58.8 cm³/mol. The van der Waals surface area contributed by atoms with Crippen molar-refractivity contribution in [3.05, 3.63) is 46.9 Å². The third-order valence-corrected chi connectivity index (χ3v) is 3.12. The fourth-order valence-corrected chi connectivity index (χ4v) is 2.03. The van der Waals surface area contributed by atoms with Crippen LogP contribution in [0.1, 0.15) is 5.01 Å². The van der Waals surface area contributed by atoms with E-state index in [1.165, 1.54) is 6.20 Å². The van der Waals surface area contributed by atoms with E-state index >= 15 is 0 Å². The molecule has 0 aliphatic heterocycles. The Bertz CT molecular complexity index is 564. The summed E-state index contributed by atoms with van der Waals surface area (Å²) in [6, 6.07) is 6.35. The van der Waals surface area contributed by atoms with Gasteiger partial charge in [0.05, 0.1) is 11.4 Å². The summed E-state index contributed by atoms with van der Waals surface area (Å²) >= 11 is 0.593. The van der Waals surface area contributed by atoms with Crippen molar-refractivity contribution in [3.63, 3.8) is 0 Å².